The first-order chi connectivity index (χ1) is 8.83. The van der Waals surface area contributed by atoms with Crippen LogP contribution in [-0.4, -0.2) is 19.2 Å². The third kappa shape index (κ3) is 2.41. The Hall–Kier alpha value is -1.35. The van der Waals surface area contributed by atoms with Crippen molar-refractivity contribution in [2.45, 2.75) is 32.1 Å². The molecule has 18 heavy (non-hydrogen) atoms. The van der Waals surface area contributed by atoms with Crippen molar-refractivity contribution in [2.75, 3.05) is 13.2 Å². The topological polar surface area (TPSA) is 35.5 Å². The van der Waals surface area contributed by atoms with E-state index in [0.717, 1.165) is 32.3 Å². The summed E-state index contributed by atoms with van der Waals surface area (Å²) < 4.78 is 10.8. The minimum atomic E-state index is -0.146. The van der Waals surface area contributed by atoms with Crippen LogP contribution in [0.25, 0.3) is 0 Å². The fraction of sp³-hybridized carbons (Fsp3) is 0.533. The van der Waals surface area contributed by atoms with Gasteiger partial charge in [0.15, 0.2) is 0 Å². The van der Waals surface area contributed by atoms with Gasteiger partial charge in [-0.2, -0.15) is 0 Å². The molecule has 0 spiro atoms. The van der Waals surface area contributed by atoms with Crippen LogP contribution in [0.3, 0.4) is 0 Å². The average Bonchev–Trinajstić information content (AvgIpc) is 2.87. The molecule has 1 aliphatic carbocycles. The van der Waals surface area contributed by atoms with E-state index in [1.807, 2.05) is 12.1 Å². The molecule has 3 nitrogen and oxygen atoms in total. The first-order valence-electron chi connectivity index (χ1n) is 6.74. The summed E-state index contributed by atoms with van der Waals surface area (Å²) in [6, 6.07) is 6.01. The van der Waals surface area contributed by atoms with Gasteiger partial charge in [-0.3, -0.25) is 4.79 Å². The lowest BCUT2D eigenvalue weighted by Gasteiger charge is -2.20. The van der Waals surface area contributed by atoms with Crippen molar-refractivity contribution < 1.29 is 14.3 Å². The molecule has 1 atom stereocenters. The summed E-state index contributed by atoms with van der Waals surface area (Å²) in [5.41, 5.74) is 2.73. The average molecular weight is 246 g/mol. The minimum Gasteiger partial charge on any atom is -0.426 e. The van der Waals surface area contributed by atoms with E-state index < -0.39 is 0 Å². The van der Waals surface area contributed by atoms with Gasteiger partial charge in [0.1, 0.15) is 5.75 Å². The maximum atomic E-state index is 12.0. The highest BCUT2D eigenvalue weighted by molar-refractivity contribution is 5.75. The molecule has 0 saturated carbocycles. The summed E-state index contributed by atoms with van der Waals surface area (Å²) >= 11 is 0. The maximum absolute atomic E-state index is 12.0. The number of carbonyl (C=O) groups is 1. The monoisotopic (exact) mass is 246 g/mol. The van der Waals surface area contributed by atoms with Crippen molar-refractivity contribution in [1.29, 1.82) is 0 Å². The van der Waals surface area contributed by atoms with Gasteiger partial charge < -0.3 is 9.47 Å². The van der Waals surface area contributed by atoms with Gasteiger partial charge in [0.2, 0.25) is 0 Å². The zero-order chi connectivity index (χ0) is 12.4. The van der Waals surface area contributed by atoms with Gasteiger partial charge in [0, 0.05) is 6.61 Å². The van der Waals surface area contributed by atoms with E-state index in [2.05, 4.69) is 6.07 Å². The summed E-state index contributed by atoms with van der Waals surface area (Å²) in [5.74, 6) is 0.450. The van der Waals surface area contributed by atoms with Crippen molar-refractivity contribution in [1.82, 2.24) is 0 Å². The van der Waals surface area contributed by atoms with E-state index >= 15 is 0 Å². The lowest BCUT2D eigenvalue weighted by molar-refractivity contribution is -0.143. The van der Waals surface area contributed by atoms with Crippen LogP contribution < -0.4 is 4.74 Å². The SMILES string of the molecule is O=C(Oc1ccc2c(c1)CCC2)C1CCCOC1. The van der Waals surface area contributed by atoms with E-state index in [9.17, 15) is 4.79 Å². The van der Waals surface area contributed by atoms with Crippen molar-refractivity contribution in [3.05, 3.63) is 29.3 Å². The normalized spacial score (nSPS) is 22.6. The van der Waals surface area contributed by atoms with Crippen LogP contribution >= 0.6 is 0 Å². The molecule has 1 heterocycles. The van der Waals surface area contributed by atoms with Gasteiger partial charge in [-0.1, -0.05) is 6.07 Å². The molecular formula is C15H18O3. The molecule has 0 N–H and O–H groups in total. The van der Waals surface area contributed by atoms with Crippen molar-refractivity contribution in [2.24, 2.45) is 5.92 Å². The molecule has 3 heteroatoms. The van der Waals surface area contributed by atoms with Crippen LogP contribution in [0.4, 0.5) is 0 Å². The first-order valence-corrected chi connectivity index (χ1v) is 6.74. The predicted octanol–water partition coefficient (Wildman–Crippen LogP) is 2.51. The van der Waals surface area contributed by atoms with Crippen LogP contribution in [0.5, 0.6) is 5.75 Å². The molecule has 0 radical (unpaired) electrons. The van der Waals surface area contributed by atoms with Crippen molar-refractivity contribution in [3.8, 4) is 5.75 Å². The highest BCUT2D eigenvalue weighted by Gasteiger charge is 2.24. The van der Waals surface area contributed by atoms with Gasteiger partial charge >= 0.3 is 5.97 Å². The Morgan fingerprint density at radius 2 is 2.11 bits per heavy atom. The number of hydrogen-bond donors (Lipinski definition) is 0. The van der Waals surface area contributed by atoms with E-state index in [-0.39, 0.29) is 11.9 Å². The first kappa shape index (κ1) is 11.7. The lowest BCUT2D eigenvalue weighted by Crippen LogP contribution is -2.28. The standard InChI is InChI=1S/C15H18O3/c16-15(13-5-2-8-17-10-13)18-14-7-6-11-3-1-4-12(11)9-14/h6-7,9,13H,1-5,8,10H2. The van der Waals surface area contributed by atoms with Crippen molar-refractivity contribution in [3.63, 3.8) is 0 Å². The Morgan fingerprint density at radius 1 is 1.22 bits per heavy atom. The summed E-state index contributed by atoms with van der Waals surface area (Å²) in [7, 11) is 0. The summed E-state index contributed by atoms with van der Waals surface area (Å²) in [4.78, 5) is 12.0. The zero-order valence-corrected chi connectivity index (χ0v) is 10.5. The van der Waals surface area contributed by atoms with Gasteiger partial charge in [0.05, 0.1) is 12.5 Å². The van der Waals surface area contributed by atoms with Crippen LogP contribution in [0.2, 0.25) is 0 Å². The summed E-state index contributed by atoms with van der Waals surface area (Å²) in [6.45, 7) is 1.27. The third-order valence-corrected chi connectivity index (χ3v) is 3.78. The van der Waals surface area contributed by atoms with Crippen LogP contribution in [0, 0.1) is 5.92 Å². The predicted molar refractivity (Wildman–Crippen MR) is 67.6 cm³/mol. The molecule has 0 bridgehead atoms. The Kier molecular flexibility index (Phi) is 3.33. The molecule has 0 aromatic heterocycles. The molecule has 2 aliphatic rings. The quantitative estimate of drug-likeness (QED) is 0.594. The van der Waals surface area contributed by atoms with E-state index in [1.165, 1.54) is 17.5 Å². The summed E-state index contributed by atoms with van der Waals surface area (Å²) in [6.07, 6.45) is 5.30. The number of hydrogen-bond acceptors (Lipinski definition) is 3. The smallest absolute Gasteiger partial charge is 0.316 e. The third-order valence-electron chi connectivity index (χ3n) is 3.78. The van der Waals surface area contributed by atoms with Gasteiger partial charge in [0.25, 0.3) is 0 Å². The van der Waals surface area contributed by atoms with Crippen LogP contribution in [0.1, 0.15) is 30.4 Å². The minimum absolute atomic E-state index is 0.0907. The number of aryl methyl sites for hydroxylation is 2. The molecule has 1 unspecified atom stereocenters. The number of esters is 1. The Labute approximate surface area is 107 Å². The fourth-order valence-electron chi connectivity index (χ4n) is 2.74. The van der Waals surface area contributed by atoms with Gasteiger partial charge in [-0.15, -0.1) is 0 Å². The molecule has 3 rings (SSSR count). The summed E-state index contributed by atoms with van der Waals surface area (Å²) in [5, 5.41) is 0. The second-order valence-corrected chi connectivity index (χ2v) is 5.12. The van der Waals surface area contributed by atoms with Gasteiger partial charge in [-0.25, -0.2) is 0 Å². The highest BCUT2D eigenvalue weighted by Crippen LogP contribution is 2.27. The number of rotatable bonds is 2. The number of benzene rings is 1. The zero-order valence-electron chi connectivity index (χ0n) is 10.5. The Morgan fingerprint density at radius 3 is 2.94 bits per heavy atom. The number of carbonyl (C=O) groups excluding carboxylic acids is 1. The molecule has 96 valence electrons. The number of ether oxygens (including phenoxy) is 2. The highest BCUT2D eigenvalue weighted by atomic mass is 16.5. The Bertz CT molecular complexity index is 447. The molecule has 1 aliphatic heterocycles. The molecule has 0 amide bonds. The second-order valence-electron chi connectivity index (χ2n) is 5.12. The Balaban J connectivity index is 1.66. The molecule has 1 aromatic rings. The fourth-order valence-corrected chi connectivity index (χ4v) is 2.74. The largest absolute Gasteiger partial charge is 0.426 e. The van der Waals surface area contributed by atoms with Crippen LogP contribution in [-0.2, 0) is 22.4 Å². The lowest BCUT2D eigenvalue weighted by atomic mass is 10.0. The van der Waals surface area contributed by atoms with E-state index in [0.29, 0.717) is 12.4 Å². The number of fused-ring (bicyclic) bond motifs is 1. The van der Waals surface area contributed by atoms with Gasteiger partial charge in [-0.05, 0) is 55.4 Å². The van der Waals surface area contributed by atoms with Crippen molar-refractivity contribution >= 4 is 5.97 Å². The van der Waals surface area contributed by atoms with Crippen LogP contribution in [0.15, 0.2) is 18.2 Å². The molecule has 1 saturated heterocycles. The molecule has 1 fully saturated rings. The molecule has 1 aromatic carbocycles. The second kappa shape index (κ2) is 5.11. The molecular weight excluding hydrogens is 228 g/mol. The van der Waals surface area contributed by atoms with E-state index in [1.54, 1.807) is 0 Å². The van der Waals surface area contributed by atoms with E-state index in [4.69, 9.17) is 9.47 Å². The maximum Gasteiger partial charge on any atom is 0.316 e.